The first-order valence-corrected chi connectivity index (χ1v) is 12.9. The van der Waals surface area contributed by atoms with E-state index < -0.39 is 17.7 Å². The van der Waals surface area contributed by atoms with Gasteiger partial charge in [0.15, 0.2) is 0 Å². The summed E-state index contributed by atoms with van der Waals surface area (Å²) >= 11 is 0. The van der Waals surface area contributed by atoms with Gasteiger partial charge in [0.1, 0.15) is 23.9 Å². The van der Waals surface area contributed by atoms with Gasteiger partial charge in [-0.15, -0.1) is 0 Å². The van der Waals surface area contributed by atoms with Crippen molar-refractivity contribution in [3.8, 4) is 11.5 Å². The highest BCUT2D eigenvalue weighted by molar-refractivity contribution is 6.46. The van der Waals surface area contributed by atoms with Gasteiger partial charge >= 0.3 is 0 Å². The molecule has 0 unspecified atom stereocenters. The number of likely N-dealkylation sites (tertiary alicyclic amines) is 1. The van der Waals surface area contributed by atoms with Crippen molar-refractivity contribution in [2.75, 3.05) is 19.8 Å². The maximum atomic E-state index is 13.3. The maximum Gasteiger partial charge on any atom is 0.295 e. The molecule has 2 fully saturated rings. The Morgan fingerprint density at radius 1 is 0.947 bits per heavy atom. The number of aliphatic hydroxyl groups excluding tert-OH is 1. The number of benzene rings is 3. The number of nitrogens with zero attached hydrogens (tertiary/aromatic N) is 1. The number of aliphatic hydroxyl groups is 1. The first-order valence-electron chi connectivity index (χ1n) is 12.9. The van der Waals surface area contributed by atoms with E-state index in [0.29, 0.717) is 42.4 Å². The highest BCUT2D eigenvalue weighted by atomic mass is 16.5. The zero-order valence-electron chi connectivity index (χ0n) is 21.3. The van der Waals surface area contributed by atoms with Crippen molar-refractivity contribution < 1.29 is 28.9 Å². The summed E-state index contributed by atoms with van der Waals surface area (Å²) in [5.74, 6) is -0.229. The minimum atomic E-state index is -0.742. The van der Waals surface area contributed by atoms with Gasteiger partial charge < -0.3 is 24.2 Å². The second-order valence-electron chi connectivity index (χ2n) is 9.39. The van der Waals surface area contributed by atoms with Gasteiger partial charge in [-0.2, -0.15) is 0 Å². The molecule has 0 radical (unpaired) electrons. The lowest BCUT2D eigenvalue weighted by molar-refractivity contribution is -0.140. The summed E-state index contributed by atoms with van der Waals surface area (Å²) in [6.45, 7) is 3.75. The molecule has 2 heterocycles. The molecule has 1 N–H and O–H groups in total. The molecule has 2 atom stereocenters. The quantitative estimate of drug-likeness (QED) is 0.239. The molecule has 0 bridgehead atoms. The van der Waals surface area contributed by atoms with Crippen LogP contribution in [0.4, 0.5) is 0 Å². The summed E-state index contributed by atoms with van der Waals surface area (Å²) in [5, 5.41) is 11.3. The van der Waals surface area contributed by atoms with Crippen LogP contribution >= 0.6 is 0 Å². The van der Waals surface area contributed by atoms with E-state index in [2.05, 4.69) is 0 Å². The van der Waals surface area contributed by atoms with Crippen molar-refractivity contribution in [3.63, 3.8) is 0 Å². The fourth-order valence-electron chi connectivity index (χ4n) is 4.94. The Hall–Kier alpha value is -4.10. The van der Waals surface area contributed by atoms with Crippen LogP contribution in [-0.2, 0) is 20.9 Å². The zero-order chi connectivity index (χ0) is 26.5. The van der Waals surface area contributed by atoms with Gasteiger partial charge in [-0.3, -0.25) is 9.59 Å². The summed E-state index contributed by atoms with van der Waals surface area (Å²) < 4.78 is 17.2. The average molecular weight is 514 g/mol. The van der Waals surface area contributed by atoms with Crippen LogP contribution in [0.2, 0.25) is 0 Å². The van der Waals surface area contributed by atoms with Gasteiger partial charge in [-0.1, -0.05) is 42.5 Å². The highest BCUT2D eigenvalue weighted by Crippen LogP contribution is 2.40. The number of hydrogen-bond acceptors (Lipinski definition) is 6. The van der Waals surface area contributed by atoms with Crippen LogP contribution in [0.15, 0.2) is 84.4 Å². The van der Waals surface area contributed by atoms with Crippen LogP contribution in [0.1, 0.15) is 42.5 Å². The molecule has 0 saturated carbocycles. The molecule has 2 aliphatic heterocycles. The van der Waals surface area contributed by atoms with Crippen molar-refractivity contribution in [2.45, 2.75) is 38.5 Å². The molecule has 0 spiro atoms. The molecule has 1 amide bonds. The average Bonchev–Trinajstić information content (AvgIpc) is 3.55. The van der Waals surface area contributed by atoms with Crippen LogP contribution < -0.4 is 9.47 Å². The van der Waals surface area contributed by atoms with E-state index in [-0.39, 0.29) is 24.0 Å². The van der Waals surface area contributed by atoms with Crippen LogP contribution in [-0.4, -0.2) is 47.6 Å². The number of ketones is 1. The number of amides is 1. The molecule has 38 heavy (non-hydrogen) atoms. The number of ether oxygens (including phenoxy) is 3. The van der Waals surface area contributed by atoms with Crippen molar-refractivity contribution in [2.24, 2.45) is 0 Å². The van der Waals surface area contributed by atoms with E-state index >= 15 is 0 Å². The van der Waals surface area contributed by atoms with Gasteiger partial charge in [0, 0.05) is 18.7 Å². The Labute approximate surface area is 222 Å². The Balaban J connectivity index is 1.47. The summed E-state index contributed by atoms with van der Waals surface area (Å²) in [5.41, 5.74) is 2.27. The molecule has 0 aliphatic carbocycles. The lowest BCUT2D eigenvalue weighted by Crippen LogP contribution is -2.36. The predicted molar refractivity (Wildman–Crippen MR) is 143 cm³/mol. The zero-order valence-corrected chi connectivity index (χ0v) is 21.3. The minimum absolute atomic E-state index is 0.0649. The first-order chi connectivity index (χ1) is 18.5. The van der Waals surface area contributed by atoms with Crippen LogP contribution in [0.5, 0.6) is 11.5 Å². The van der Waals surface area contributed by atoms with E-state index in [1.54, 1.807) is 24.3 Å². The van der Waals surface area contributed by atoms with Crippen molar-refractivity contribution in [3.05, 3.63) is 101 Å². The third-order valence-corrected chi connectivity index (χ3v) is 6.85. The van der Waals surface area contributed by atoms with E-state index in [4.69, 9.17) is 14.2 Å². The van der Waals surface area contributed by atoms with E-state index in [0.717, 1.165) is 18.4 Å². The molecular weight excluding hydrogens is 482 g/mol. The molecular formula is C31H31NO6. The number of carbonyl (C=O) groups is 2. The number of carbonyl (C=O) groups excluding carboxylic acids is 2. The topological polar surface area (TPSA) is 85.3 Å². The lowest BCUT2D eigenvalue weighted by Gasteiger charge is -2.27. The Bertz CT molecular complexity index is 1290. The van der Waals surface area contributed by atoms with Gasteiger partial charge in [0.25, 0.3) is 11.7 Å². The Kier molecular flexibility index (Phi) is 7.75. The molecule has 0 aromatic heterocycles. The molecule has 7 nitrogen and oxygen atoms in total. The van der Waals surface area contributed by atoms with Gasteiger partial charge in [0.05, 0.1) is 24.3 Å². The van der Waals surface area contributed by atoms with Crippen LogP contribution in [0.3, 0.4) is 0 Å². The number of hydrogen-bond donors (Lipinski definition) is 1. The third-order valence-electron chi connectivity index (χ3n) is 6.85. The van der Waals surface area contributed by atoms with E-state index in [1.165, 1.54) is 4.90 Å². The lowest BCUT2D eigenvalue weighted by atomic mass is 9.95. The van der Waals surface area contributed by atoms with Crippen molar-refractivity contribution in [1.82, 2.24) is 4.90 Å². The van der Waals surface area contributed by atoms with E-state index in [1.807, 2.05) is 61.5 Å². The van der Waals surface area contributed by atoms with Crippen molar-refractivity contribution >= 4 is 17.4 Å². The largest absolute Gasteiger partial charge is 0.507 e. The fraction of sp³-hybridized carbons (Fsp3) is 0.290. The second-order valence-corrected chi connectivity index (χ2v) is 9.39. The smallest absolute Gasteiger partial charge is 0.295 e. The van der Waals surface area contributed by atoms with E-state index in [9.17, 15) is 14.7 Å². The molecule has 196 valence electrons. The fourth-order valence-corrected chi connectivity index (χ4v) is 4.94. The molecule has 2 aliphatic rings. The number of Topliss-reactive ketones (excluding diaryl/α,β-unsaturated/α-hetero) is 1. The molecule has 3 aromatic rings. The summed E-state index contributed by atoms with van der Waals surface area (Å²) in [6.07, 6.45) is 1.59. The maximum absolute atomic E-state index is 13.3. The molecule has 2 saturated heterocycles. The normalized spacial score (nSPS) is 20.6. The highest BCUT2D eigenvalue weighted by Gasteiger charge is 2.47. The second kappa shape index (κ2) is 11.5. The summed E-state index contributed by atoms with van der Waals surface area (Å²) in [4.78, 5) is 28.0. The van der Waals surface area contributed by atoms with Gasteiger partial charge in [-0.05, 0) is 67.3 Å². The van der Waals surface area contributed by atoms with Crippen LogP contribution in [0.25, 0.3) is 5.76 Å². The Morgan fingerprint density at radius 2 is 1.63 bits per heavy atom. The summed E-state index contributed by atoms with van der Waals surface area (Å²) in [6, 6.07) is 23.3. The molecule has 7 heteroatoms. The Morgan fingerprint density at radius 3 is 2.29 bits per heavy atom. The standard InChI is InChI=1S/C31H31NO6/c1-2-36-24-16-12-23(13-17-24)29(33)27-28(32(31(35)30(27)34)19-26-9-6-18-37-26)22-10-14-25(15-11-22)38-20-21-7-4-3-5-8-21/h3-5,7-8,10-17,26,28,33H,2,6,9,18-20H2,1H3/t26-,28+/m1/s1. The predicted octanol–water partition coefficient (Wildman–Crippen LogP) is 5.27. The molecule has 3 aromatic carbocycles. The minimum Gasteiger partial charge on any atom is -0.507 e. The van der Waals surface area contributed by atoms with Gasteiger partial charge in [0.2, 0.25) is 0 Å². The first kappa shape index (κ1) is 25.5. The monoisotopic (exact) mass is 513 g/mol. The number of rotatable bonds is 9. The molecule has 5 rings (SSSR count). The SMILES string of the molecule is CCOc1ccc(C(O)=C2C(=O)C(=O)N(C[C@H]3CCCO3)[C@H]2c2ccc(OCc3ccccc3)cc2)cc1. The van der Waals surface area contributed by atoms with Crippen molar-refractivity contribution in [1.29, 1.82) is 0 Å². The third kappa shape index (κ3) is 5.43. The van der Waals surface area contributed by atoms with Crippen LogP contribution in [0, 0.1) is 0 Å². The van der Waals surface area contributed by atoms with Gasteiger partial charge in [-0.25, -0.2) is 0 Å². The summed E-state index contributed by atoms with van der Waals surface area (Å²) in [7, 11) is 0.